The Morgan fingerprint density at radius 2 is 1.40 bits per heavy atom. The molecule has 0 heterocycles. The molecule has 0 atom stereocenters. The Bertz CT molecular complexity index is 648. The normalized spacial score (nSPS) is 11.7. The summed E-state index contributed by atoms with van der Waals surface area (Å²) in [6, 6.07) is 14.9. The van der Waals surface area contributed by atoms with Gasteiger partial charge in [0.05, 0.1) is 0 Å². The number of hydrogen-bond donors (Lipinski definition) is 0. The van der Waals surface area contributed by atoms with E-state index in [1.165, 1.54) is 11.6 Å². The van der Waals surface area contributed by atoms with Crippen LogP contribution in [0.4, 0.5) is 4.39 Å². The highest BCUT2D eigenvalue weighted by molar-refractivity contribution is 6.30. The third-order valence-electron chi connectivity index (χ3n) is 3.68. The molecule has 2 rings (SSSR count). The average molecular weight is 363 g/mol. The van der Waals surface area contributed by atoms with E-state index in [-0.39, 0.29) is 5.82 Å². The lowest BCUT2D eigenvalue weighted by atomic mass is 9.88. The molecule has 0 saturated heterocycles. The Morgan fingerprint density at radius 1 is 0.800 bits per heavy atom. The van der Waals surface area contributed by atoms with Crippen molar-refractivity contribution in [3.8, 4) is 0 Å². The molecule has 0 spiro atoms. The van der Waals surface area contributed by atoms with Gasteiger partial charge in [-0.15, -0.1) is 0 Å². The SMILES string of the molecule is CC(C)(C)CCc1cccc(F)c1.CC(C)(C)Cc1cccc(Cl)c1. The molecular formula is C23H32ClF. The predicted octanol–water partition coefficient (Wildman–Crippen LogP) is 7.73. The highest BCUT2D eigenvalue weighted by Gasteiger charge is 2.11. The zero-order chi connectivity index (χ0) is 19.1. The maximum absolute atomic E-state index is 12.8. The van der Waals surface area contributed by atoms with Crippen LogP contribution in [0.2, 0.25) is 5.02 Å². The molecule has 0 nitrogen and oxygen atoms in total. The van der Waals surface area contributed by atoms with Gasteiger partial charge in [-0.1, -0.05) is 77.4 Å². The van der Waals surface area contributed by atoms with Crippen LogP contribution in [0.25, 0.3) is 0 Å². The van der Waals surface area contributed by atoms with Gasteiger partial charge in [0.2, 0.25) is 0 Å². The quantitative estimate of drug-likeness (QED) is 0.523. The van der Waals surface area contributed by atoms with E-state index in [1.54, 1.807) is 12.1 Å². The van der Waals surface area contributed by atoms with E-state index in [0.717, 1.165) is 29.8 Å². The van der Waals surface area contributed by atoms with Crippen LogP contribution in [0.5, 0.6) is 0 Å². The van der Waals surface area contributed by atoms with Crippen molar-refractivity contribution in [2.24, 2.45) is 10.8 Å². The van der Waals surface area contributed by atoms with Crippen LogP contribution < -0.4 is 0 Å². The van der Waals surface area contributed by atoms with E-state index in [9.17, 15) is 4.39 Å². The lowest BCUT2D eigenvalue weighted by Crippen LogP contribution is -2.08. The lowest BCUT2D eigenvalue weighted by Gasteiger charge is -2.17. The van der Waals surface area contributed by atoms with Gasteiger partial charge >= 0.3 is 0 Å². The first-order valence-electron chi connectivity index (χ1n) is 8.93. The lowest BCUT2D eigenvalue weighted by molar-refractivity contribution is 0.378. The second kappa shape index (κ2) is 9.38. The summed E-state index contributed by atoms with van der Waals surface area (Å²) < 4.78 is 12.8. The Morgan fingerprint density at radius 3 is 1.92 bits per heavy atom. The first-order valence-corrected chi connectivity index (χ1v) is 9.31. The topological polar surface area (TPSA) is 0 Å². The fraction of sp³-hybridized carbons (Fsp3) is 0.478. The Hall–Kier alpha value is -1.34. The minimum atomic E-state index is -0.133. The zero-order valence-electron chi connectivity index (χ0n) is 16.5. The molecule has 25 heavy (non-hydrogen) atoms. The van der Waals surface area contributed by atoms with Crippen molar-refractivity contribution in [2.45, 2.75) is 60.8 Å². The van der Waals surface area contributed by atoms with Crippen molar-refractivity contribution in [3.63, 3.8) is 0 Å². The first kappa shape index (κ1) is 21.7. The standard InChI is InChI=1S/C12H17F.C11H15Cl/c1-12(2,3)8-7-10-5-4-6-11(13)9-10;1-11(2,3)8-9-5-4-6-10(12)7-9/h4-6,9H,7-8H2,1-3H3;4-7H,8H2,1-3H3. The van der Waals surface area contributed by atoms with Gasteiger partial charge in [-0.05, 0) is 65.5 Å². The molecule has 0 amide bonds. The molecule has 0 aliphatic heterocycles. The van der Waals surface area contributed by atoms with E-state index in [0.29, 0.717) is 10.8 Å². The van der Waals surface area contributed by atoms with Gasteiger partial charge in [0, 0.05) is 5.02 Å². The molecule has 0 aromatic heterocycles. The van der Waals surface area contributed by atoms with Gasteiger partial charge < -0.3 is 0 Å². The highest BCUT2D eigenvalue weighted by atomic mass is 35.5. The molecule has 2 aromatic carbocycles. The van der Waals surface area contributed by atoms with Crippen LogP contribution in [0.15, 0.2) is 48.5 Å². The molecule has 0 saturated carbocycles. The Balaban J connectivity index is 0.000000251. The van der Waals surface area contributed by atoms with Gasteiger partial charge in [0.1, 0.15) is 5.82 Å². The van der Waals surface area contributed by atoms with Gasteiger partial charge in [0.15, 0.2) is 0 Å². The van der Waals surface area contributed by atoms with Gasteiger partial charge in [-0.2, -0.15) is 0 Å². The summed E-state index contributed by atoms with van der Waals surface area (Å²) in [6.07, 6.45) is 3.13. The van der Waals surface area contributed by atoms with E-state index in [2.05, 4.69) is 47.6 Å². The predicted molar refractivity (Wildman–Crippen MR) is 109 cm³/mol. The van der Waals surface area contributed by atoms with Crippen molar-refractivity contribution in [2.75, 3.05) is 0 Å². The Kier molecular flexibility index (Phi) is 8.15. The maximum Gasteiger partial charge on any atom is 0.123 e. The van der Waals surface area contributed by atoms with Crippen LogP contribution in [0.1, 0.15) is 59.1 Å². The molecule has 0 radical (unpaired) electrons. The summed E-state index contributed by atoms with van der Waals surface area (Å²) in [7, 11) is 0. The van der Waals surface area contributed by atoms with Crippen LogP contribution >= 0.6 is 11.6 Å². The molecule has 138 valence electrons. The summed E-state index contributed by atoms with van der Waals surface area (Å²) in [6.45, 7) is 13.3. The number of halogens is 2. The van der Waals surface area contributed by atoms with Crippen molar-refractivity contribution < 1.29 is 4.39 Å². The largest absolute Gasteiger partial charge is 0.207 e. The van der Waals surface area contributed by atoms with Gasteiger partial charge in [-0.3, -0.25) is 0 Å². The van der Waals surface area contributed by atoms with Crippen LogP contribution in [-0.2, 0) is 12.8 Å². The summed E-state index contributed by atoms with van der Waals surface area (Å²) in [4.78, 5) is 0. The first-order chi connectivity index (χ1) is 11.4. The highest BCUT2D eigenvalue weighted by Crippen LogP contribution is 2.22. The zero-order valence-corrected chi connectivity index (χ0v) is 17.3. The van der Waals surface area contributed by atoms with Crippen LogP contribution in [0, 0.1) is 16.6 Å². The molecule has 0 aliphatic carbocycles. The molecular weight excluding hydrogens is 331 g/mol. The molecule has 0 unspecified atom stereocenters. The molecule has 2 aromatic rings. The number of aryl methyl sites for hydroxylation is 1. The second-order valence-electron chi connectivity index (χ2n) is 9.06. The smallest absolute Gasteiger partial charge is 0.123 e. The van der Waals surface area contributed by atoms with Crippen LogP contribution in [-0.4, -0.2) is 0 Å². The maximum atomic E-state index is 12.8. The van der Waals surface area contributed by atoms with E-state index < -0.39 is 0 Å². The fourth-order valence-corrected chi connectivity index (χ4v) is 2.68. The van der Waals surface area contributed by atoms with Crippen LogP contribution in [0.3, 0.4) is 0 Å². The number of rotatable bonds is 3. The summed E-state index contributed by atoms with van der Waals surface area (Å²) >= 11 is 5.87. The molecule has 0 N–H and O–H groups in total. The fourth-order valence-electron chi connectivity index (χ4n) is 2.47. The van der Waals surface area contributed by atoms with E-state index >= 15 is 0 Å². The molecule has 0 fully saturated rings. The van der Waals surface area contributed by atoms with Gasteiger partial charge in [-0.25, -0.2) is 4.39 Å². The van der Waals surface area contributed by atoms with Crippen molar-refractivity contribution >= 4 is 11.6 Å². The van der Waals surface area contributed by atoms with Gasteiger partial charge in [0.25, 0.3) is 0 Å². The molecule has 0 aliphatic rings. The minimum Gasteiger partial charge on any atom is -0.207 e. The summed E-state index contributed by atoms with van der Waals surface area (Å²) in [5.41, 5.74) is 3.07. The van der Waals surface area contributed by atoms with E-state index in [1.807, 2.05) is 24.3 Å². The Labute approximate surface area is 158 Å². The second-order valence-corrected chi connectivity index (χ2v) is 9.49. The van der Waals surface area contributed by atoms with Crippen molar-refractivity contribution in [1.29, 1.82) is 0 Å². The third kappa shape index (κ3) is 11.0. The summed E-state index contributed by atoms with van der Waals surface area (Å²) in [5.74, 6) is -0.133. The number of benzene rings is 2. The third-order valence-corrected chi connectivity index (χ3v) is 3.91. The average Bonchev–Trinajstić information content (AvgIpc) is 2.43. The molecule has 2 heteroatoms. The van der Waals surface area contributed by atoms with Crippen molar-refractivity contribution in [3.05, 3.63) is 70.5 Å². The molecule has 0 bridgehead atoms. The minimum absolute atomic E-state index is 0.133. The monoisotopic (exact) mass is 362 g/mol. The number of hydrogen-bond acceptors (Lipinski definition) is 0. The van der Waals surface area contributed by atoms with E-state index in [4.69, 9.17) is 11.6 Å². The van der Waals surface area contributed by atoms with Crippen molar-refractivity contribution in [1.82, 2.24) is 0 Å². The summed E-state index contributed by atoms with van der Waals surface area (Å²) in [5, 5.41) is 0.830.